The Labute approximate surface area is 204 Å². The number of ether oxygens (including phenoxy) is 5. The van der Waals surface area contributed by atoms with Crippen molar-refractivity contribution in [2.75, 3.05) is 19.8 Å². The highest BCUT2D eigenvalue weighted by Gasteiger charge is 2.60. The van der Waals surface area contributed by atoms with Gasteiger partial charge in [-0.05, 0) is 11.6 Å². The molecule has 2 fully saturated rings. The van der Waals surface area contributed by atoms with E-state index in [0.717, 1.165) is 6.26 Å². The molecule has 0 bridgehead atoms. The molecule has 0 amide bonds. The Bertz CT molecular complexity index is 819. The predicted molar refractivity (Wildman–Crippen MR) is 111 cm³/mol. The second-order valence-electron chi connectivity index (χ2n) is 9.13. The lowest BCUT2D eigenvalue weighted by Crippen LogP contribution is -2.64. The van der Waals surface area contributed by atoms with Gasteiger partial charge in [-0.1, -0.05) is 6.08 Å². The Kier molecular flexibility index (Phi) is 8.35. The van der Waals surface area contributed by atoms with Crippen LogP contribution in [0.4, 0.5) is 0 Å². The molecule has 0 spiro atoms. The molecule has 0 aromatic heterocycles. The lowest BCUT2D eigenvalue weighted by molar-refractivity contribution is -0.362. The van der Waals surface area contributed by atoms with Crippen LogP contribution in [0.2, 0.25) is 0 Å². The Morgan fingerprint density at radius 2 is 1.28 bits per heavy atom. The van der Waals surface area contributed by atoms with E-state index in [1.807, 2.05) is 0 Å². The van der Waals surface area contributed by atoms with Crippen LogP contribution in [0, 0.1) is 5.92 Å². The highest BCUT2D eigenvalue weighted by Crippen LogP contribution is 2.47. The predicted octanol–water partition coefficient (Wildman–Crippen LogP) is -5.86. The van der Waals surface area contributed by atoms with Crippen LogP contribution in [-0.2, 0) is 23.7 Å². The van der Waals surface area contributed by atoms with Crippen LogP contribution in [-0.4, -0.2) is 150 Å². The zero-order chi connectivity index (χ0) is 26.4. The zero-order valence-electron chi connectivity index (χ0n) is 18.9. The summed E-state index contributed by atoms with van der Waals surface area (Å²) < 4.78 is 27.9. The molecule has 3 aliphatic heterocycles. The molecule has 10 N–H and O–H groups in total. The van der Waals surface area contributed by atoms with Crippen LogP contribution in [0.15, 0.2) is 24.0 Å². The van der Waals surface area contributed by atoms with Crippen LogP contribution in [0.3, 0.4) is 0 Å². The molecular formula is C21H32O15. The van der Waals surface area contributed by atoms with Gasteiger partial charge in [0.05, 0.1) is 32.0 Å². The molecule has 4 aliphatic rings. The maximum absolute atomic E-state index is 10.9. The van der Waals surface area contributed by atoms with E-state index < -0.39 is 105 Å². The van der Waals surface area contributed by atoms with Gasteiger partial charge in [-0.15, -0.1) is 0 Å². The van der Waals surface area contributed by atoms with Crippen LogP contribution in [0.5, 0.6) is 0 Å². The van der Waals surface area contributed by atoms with Gasteiger partial charge in [0, 0.05) is 0 Å². The summed E-state index contributed by atoms with van der Waals surface area (Å²) in [5.74, 6) is -1.16. The number of aliphatic hydroxyl groups excluding tert-OH is 10. The van der Waals surface area contributed by atoms with Crippen molar-refractivity contribution in [1.29, 1.82) is 0 Å². The molecule has 0 saturated carbocycles. The molecule has 0 aromatic carbocycles. The van der Waals surface area contributed by atoms with Crippen LogP contribution in [0.1, 0.15) is 0 Å². The fourth-order valence-electron chi connectivity index (χ4n) is 4.92. The van der Waals surface area contributed by atoms with E-state index in [1.54, 1.807) is 0 Å². The van der Waals surface area contributed by atoms with E-state index >= 15 is 0 Å². The van der Waals surface area contributed by atoms with Gasteiger partial charge in [0.1, 0.15) is 60.5 Å². The van der Waals surface area contributed by atoms with Crippen molar-refractivity contribution in [2.45, 2.75) is 79.4 Å². The number of rotatable bonds is 7. The van der Waals surface area contributed by atoms with Crippen molar-refractivity contribution in [3.8, 4) is 0 Å². The maximum atomic E-state index is 10.9. The van der Waals surface area contributed by atoms with Crippen molar-refractivity contribution in [3.05, 3.63) is 24.0 Å². The summed E-state index contributed by atoms with van der Waals surface area (Å²) >= 11 is 0. The molecule has 14 atom stereocenters. The third-order valence-electron chi connectivity index (χ3n) is 7.00. The average molecular weight is 524 g/mol. The van der Waals surface area contributed by atoms with Crippen LogP contribution >= 0.6 is 0 Å². The largest absolute Gasteiger partial charge is 0.472 e. The van der Waals surface area contributed by atoms with Gasteiger partial charge < -0.3 is 74.7 Å². The first-order chi connectivity index (χ1) is 17.1. The molecule has 15 nitrogen and oxygen atoms in total. The van der Waals surface area contributed by atoms with Crippen molar-refractivity contribution in [2.24, 2.45) is 5.92 Å². The Morgan fingerprint density at radius 3 is 1.83 bits per heavy atom. The molecular weight excluding hydrogens is 492 g/mol. The Hall–Kier alpha value is -1.28. The fourth-order valence-corrected chi connectivity index (χ4v) is 4.92. The van der Waals surface area contributed by atoms with Crippen molar-refractivity contribution >= 4 is 0 Å². The molecule has 206 valence electrons. The molecule has 3 heterocycles. The number of aliphatic hydroxyl groups is 10. The summed E-state index contributed by atoms with van der Waals surface area (Å²) in [4.78, 5) is 0. The summed E-state index contributed by atoms with van der Waals surface area (Å²) in [6.07, 6.45) is -15.6. The first kappa shape index (κ1) is 27.7. The van der Waals surface area contributed by atoms with E-state index in [9.17, 15) is 51.1 Å². The molecule has 0 aromatic rings. The van der Waals surface area contributed by atoms with Gasteiger partial charge in [0.25, 0.3) is 0 Å². The minimum Gasteiger partial charge on any atom is -0.472 e. The highest BCUT2D eigenvalue weighted by atomic mass is 16.8. The molecule has 1 aliphatic carbocycles. The molecule has 0 radical (unpaired) electrons. The second-order valence-corrected chi connectivity index (χ2v) is 9.13. The summed E-state index contributed by atoms with van der Waals surface area (Å²) in [6.45, 7) is -2.02. The summed E-state index contributed by atoms with van der Waals surface area (Å²) in [7, 11) is 0. The van der Waals surface area contributed by atoms with Gasteiger partial charge in [0.2, 0.25) is 6.29 Å². The van der Waals surface area contributed by atoms with Crippen molar-refractivity contribution in [1.82, 2.24) is 0 Å². The normalized spacial score (nSPS) is 50.9. The van der Waals surface area contributed by atoms with Gasteiger partial charge in [-0.3, -0.25) is 0 Å². The monoisotopic (exact) mass is 524 g/mol. The van der Waals surface area contributed by atoms with E-state index in [-0.39, 0.29) is 5.57 Å². The lowest BCUT2D eigenvalue weighted by atomic mass is 9.82. The average Bonchev–Trinajstić information content (AvgIpc) is 3.16. The maximum Gasteiger partial charge on any atom is 0.211 e. The summed E-state index contributed by atoms with van der Waals surface area (Å²) in [5, 5.41) is 101. The standard InChI is InChI=1S/C21H32O15/c22-4-7-3-10(25)21(36-20-17(31)15(29)13(27)9(6-24)34-20)1-2-32-18(11(7)21)35-19-16(30)14(28)12(26)8(5-23)33-19/h1-3,8-20,22-31H,4-6H2/t8-,9+,10+,11+,12-,13+,14-,15-,16+,17+,18-,19+,20-,21+/m1/s1. The van der Waals surface area contributed by atoms with E-state index in [0.29, 0.717) is 0 Å². The summed E-state index contributed by atoms with van der Waals surface area (Å²) in [6, 6.07) is 0. The second kappa shape index (κ2) is 10.8. The smallest absolute Gasteiger partial charge is 0.211 e. The van der Waals surface area contributed by atoms with Crippen LogP contribution < -0.4 is 0 Å². The number of hydrogen-bond donors (Lipinski definition) is 10. The van der Waals surface area contributed by atoms with Gasteiger partial charge in [0.15, 0.2) is 12.6 Å². The topological polar surface area (TPSA) is 248 Å². The lowest BCUT2D eigenvalue weighted by Gasteiger charge is -2.48. The van der Waals surface area contributed by atoms with Crippen molar-refractivity contribution in [3.63, 3.8) is 0 Å². The minimum absolute atomic E-state index is 0.158. The van der Waals surface area contributed by atoms with E-state index in [4.69, 9.17) is 23.7 Å². The molecule has 0 unspecified atom stereocenters. The highest BCUT2D eigenvalue weighted by molar-refractivity contribution is 5.34. The third-order valence-corrected chi connectivity index (χ3v) is 7.00. The minimum atomic E-state index is -1.83. The number of hydrogen-bond acceptors (Lipinski definition) is 15. The van der Waals surface area contributed by atoms with Crippen molar-refractivity contribution < 1.29 is 74.7 Å². The number of fused-ring (bicyclic) bond motifs is 1. The van der Waals surface area contributed by atoms with Crippen LogP contribution in [0.25, 0.3) is 0 Å². The fraction of sp³-hybridized carbons (Fsp3) is 0.810. The Balaban J connectivity index is 1.60. The quantitative estimate of drug-likeness (QED) is 0.139. The molecule has 2 saturated heterocycles. The Morgan fingerprint density at radius 1 is 0.722 bits per heavy atom. The molecule has 36 heavy (non-hydrogen) atoms. The van der Waals surface area contributed by atoms with Gasteiger partial charge in [-0.2, -0.15) is 0 Å². The zero-order valence-corrected chi connectivity index (χ0v) is 18.9. The first-order valence-electron chi connectivity index (χ1n) is 11.4. The van der Waals surface area contributed by atoms with Gasteiger partial charge >= 0.3 is 0 Å². The van der Waals surface area contributed by atoms with E-state index in [2.05, 4.69) is 0 Å². The third kappa shape index (κ3) is 4.59. The molecule has 4 rings (SSSR count). The first-order valence-corrected chi connectivity index (χ1v) is 11.4. The SMILES string of the molecule is OCC1=C[C@H](O)[C@@]2(O[C@H]3O[C@@H](CO)[C@H](O)[C@@H](O)[C@@H]3O)C=CO[C@H](O[C@@H]3O[C@H](CO)[C@@H](O)[C@@H](O)[C@@H]3O)[C@H]12. The van der Waals surface area contributed by atoms with E-state index in [1.165, 1.54) is 12.2 Å². The van der Waals surface area contributed by atoms with Gasteiger partial charge in [-0.25, -0.2) is 0 Å². The summed E-state index contributed by atoms with van der Waals surface area (Å²) in [5.41, 5.74) is -1.67. The molecule has 15 heteroatoms.